The molecule has 1 aliphatic heterocycles. The highest BCUT2D eigenvalue weighted by Crippen LogP contribution is 2.40. The molecule has 0 bridgehead atoms. The molecule has 2 atom stereocenters. The molecule has 2 fully saturated rings. The lowest BCUT2D eigenvalue weighted by Crippen LogP contribution is -2.44. The molecular formula is C23H32N2O4S. The van der Waals surface area contributed by atoms with Gasteiger partial charge in [0.15, 0.2) is 0 Å². The number of amides is 2. The van der Waals surface area contributed by atoms with Crippen molar-refractivity contribution < 1.29 is 19.1 Å². The van der Waals surface area contributed by atoms with E-state index >= 15 is 0 Å². The SMILES string of the molecule is CC1CCc2c(sc(NC(=O)C3CCCN(C(=O)C4CC4)C3)c2C(=O)OC(C)C)C1. The number of hydrogen-bond acceptors (Lipinski definition) is 5. The van der Waals surface area contributed by atoms with Crippen molar-refractivity contribution in [1.82, 2.24) is 4.90 Å². The van der Waals surface area contributed by atoms with Crippen LogP contribution in [0.3, 0.4) is 0 Å². The lowest BCUT2D eigenvalue weighted by molar-refractivity contribution is -0.135. The first-order chi connectivity index (χ1) is 14.3. The van der Waals surface area contributed by atoms with Crippen LogP contribution in [0.25, 0.3) is 0 Å². The van der Waals surface area contributed by atoms with Crippen molar-refractivity contribution in [2.24, 2.45) is 17.8 Å². The second-order valence-corrected chi connectivity index (χ2v) is 10.5. The second kappa shape index (κ2) is 8.69. The minimum atomic E-state index is -0.346. The van der Waals surface area contributed by atoms with Crippen LogP contribution in [0, 0.1) is 17.8 Å². The van der Waals surface area contributed by atoms with Gasteiger partial charge >= 0.3 is 5.97 Å². The number of nitrogens with zero attached hydrogens (tertiary/aromatic N) is 1. The molecule has 0 radical (unpaired) electrons. The third-order valence-electron chi connectivity index (χ3n) is 6.33. The van der Waals surface area contributed by atoms with Crippen molar-refractivity contribution in [1.29, 1.82) is 0 Å². The summed E-state index contributed by atoms with van der Waals surface area (Å²) >= 11 is 1.52. The molecule has 1 aromatic heterocycles. The van der Waals surface area contributed by atoms with Gasteiger partial charge in [0.1, 0.15) is 5.00 Å². The Kier molecular flexibility index (Phi) is 6.19. The van der Waals surface area contributed by atoms with Gasteiger partial charge in [-0.3, -0.25) is 9.59 Å². The van der Waals surface area contributed by atoms with E-state index in [-0.39, 0.29) is 35.7 Å². The van der Waals surface area contributed by atoms with Crippen molar-refractivity contribution in [2.75, 3.05) is 18.4 Å². The number of nitrogens with one attached hydrogen (secondary N) is 1. The molecule has 1 saturated heterocycles. The number of thiophene rings is 1. The highest BCUT2D eigenvalue weighted by Gasteiger charge is 2.37. The van der Waals surface area contributed by atoms with Crippen LogP contribution in [0.5, 0.6) is 0 Å². The summed E-state index contributed by atoms with van der Waals surface area (Å²) in [5, 5.41) is 3.67. The van der Waals surface area contributed by atoms with Crippen LogP contribution < -0.4 is 5.32 Å². The predicted octanol–water partition coefficient (Wildman–Crippen LogP) is 4.03. The molecule has 6 nitrogen and oxygen atoms in total. The molecule has 0 aromatic carbocycles. The number of carbonyl (C=O) groups is 3. The Bertz CT molecular complexity index is 843. The molecule has 2 aliphatic carbocycles. The Morgan fingerprint density at radius 1 is 1.13 bits per heavy atom. The van der Waals surface area contributed by atoms with Gasteiger partial charge in [0.25, 0.3) is 0 Å². The molecule has 3 aliphatic rings. The highest BCUT2D eigenvalue weighted by atomic mass is 32.1. The van der Waals surface area contributed by atoms with Gasteiger partial charge in [0.2, 0.25) is 11.8 Å². The Morgan fingerprint density at radius 3 is 2.60 bits per heavy atom. The summed E-state index contributed by atoms with van der Waals surface area (Å²) in [5.41, 5.74) is 1.60. The fourth-order valence-corrected chi connectivity index (χ4v) is 5.92. The van der Waals surface area contributed by atoms with Gasteiger partial charge < -0.3 is 15.0 Å². The Labute approximate surface area is 182 Å². The molecular weight excluding hydrogens is 400 g/mol. The summed E-state index contributed by atoms with van der Waals surface area (Å²) in [6.07, 6.45) is 6.19. The zero-order valence-corrected chi connectivity index (χ0v) is 19.0. The van der Waals surface area contributed by atoms with Crippen LogP contribution in [-0.4, -0.2) is 41.9 Å². The van der Waals surface area contributed by atoms with E-state index in [0.717, 1.165) is 57.1 Å². The molecule has 30 heavy (non-hydrogen) atoms. The topological polar surface area (TPSA) is 75.7 Å². The number of anilines is 1. The Morgan fingerprint density at radius 2 is 1.90 bits per heavy atom. The first kappa shape index (κ1) is 21.3. The summed E-state index contributed by atoms with van der Waals surface area (Å²) < 4.78 is 5.50. The van der Waals surface area contributed by atoms with Crippen LogP contribution in [0.15, 0.2) is 0 Å². The third-order valence-corrected chi connectivity index (χ3v) is 7.50. The average Bonchev–Trinajstić information content (AvgIpc) is 3.48. The van der Waals surface area contributed by atoms with E-state index < -0.39 is 0 Å². The Balaban J connectivity index is 1.52. The predicted molar refractivity (Wildman–Crippen MR) is 117 cm³/mol. The van der Waals surface area contributed by atoms with Crippen molar-refractivity contribution >= 4 is 34.1 Å². The van der Waals surface area contributed by atoms with Crippen molar-refractivity contribution in [2.45, 2.75) is 71.8 Å². The van der Waals surface area contributed by atoms with E-state index in [1.165, 1.54) is 16.2 Å². The smallest absolute Gasteiger partial charge is 0.341 e. The van der Waals surface area contributed by atoms with Gasteiger partial charge in [-0.2, -0.15) is 0 Å². The number of carbonyl (C=O) groups excluding carboxylic acids is 3. The molecule has 2 unspecified atom stereocenters. The fourth-order valence-electron chi connectivity index (χ4n) is 4.52. The number of fused-ring (bicyclic) bond motifs is 1. The van der Waals surface area contributed by atoms with Crippen LogP contribution in [0.1, 0.15) is 73.7 Å². The molecule has 1 saturated carbocycles. The van der Waals surface area contributed by atoms with Crippen molar-refractivity contribution in [3.8, 4) is 0 Å². The van der Waals surface area contributed by atoms with E-state index in [4.69, 9.17) is 4.74 Å². The van der Waals surface area contributed by atoms with Gasteiger partial charge in [-0.25, -0.2) is 4.79 Å². The number of likely N-dealkylation sites (tertiary alicyclic amines) is 1. The normalized spacial score (nSPS) is 23.8. The number of esters is 1. The number of piperidine rings is 1. The molecule has 2 amide bonds. The van der Waals surface area contributed by atoms with Gasteiger partial charge in [-0.1, -0.05) is 6.92 Å². The van der Waals surface area contributed by atoms with Gasteiger partial charge in [-0.05, 0) is 70.3 Å². The minimum Gasteiger partial charge on any atom is -0.459 e. The van der Waals surface area contributed by atoms with Gasteiger partial charge in [-0.15, -0.1) is 11.3 Å². The molecule has 0 spiro atoms. The van der Waals surface area contributed by atoms with Gasteiger partial charge in [0, 0.05) is 23.9 Å². The standard InChI is InChI=1S/C23H32N2O4S/c1-13(2)29-23(28)19-17-9-6-14(3)11-18(17)30-21(19)24-20(26)16-5-4-10-25(12-16)22(27)15-7-8-15/h13-16H,4-12H2,1-3H3,(H,24,26). The van der Waals surface area contributed by atoms with Crippen LogP contribution in [0.4, 0.5) is 5.00 Å². The van der Waals surface area contributed by atoms with E-state index in [1.54, 1.807) is 0 Å². The monoisotopic (exact) mass is 432 g/mol. The van der Waals surface area contributed by atoms with E-state index in [2.05, 4.69) is 12.2 Å². The first-order valence-corrected chi connectivity index (χ1v) is 12.1. The largest absolute Gasteiger partial charge is 0.459 e. The third kappa shape index (κ3) is 4.56. The van der Waals surface area contributed by atoms with Crippen LogP contribution in [-0.2, 0) is 27.2 Å². The number of rotatable bonds is 5. The number of ether oxygens (including phenoxy) is 1. The highest BCUT2D eigenvalue weighted by molar-refractivity contribution is 7.17. The van der Waals surface area contributed by atoms with E-state index in [9.17, 15) is 14.4 Å². The molecule has 1 aromatic rings. The summed E-state index contributed by atoms with van der Waals surface area (Å²) in [4.78, 5) is 41.4. The van der Waals surface area contributed by atoms with Crippen LogP contribution in [0.2, 0.25) is 0 Å². The zero-order chi connectivity index (χ0) is 21.4. The molecule has 7 heteroatoms. The van der Waals surface area contributed by atoms with Crippen molar-refractivity contribution in [3.05, 3.63) is 16.0 Å². The molecule has 164 valence electrons. The maximum atomic E-state index is 13.1. The van der Waals surface area contributed by atoms with Crippen LogP contribution >= 0.6 is 11.3 Å². The summed E-state index contributed by atoms with van der Waals surface area (Å²) in [6, 6.07) is 0. The molecule has 1 N–H and O–H groups in total. The summed E-state index contributed by atoms with van der Waals surface area (Å²) in [7, 11) is 0. The lowest BCUT2D eigenvalue weighted by Gasteiger charge is -2.32. The second-order valence-electron chi connectivity index (χ2n) is 9.40. The fraction of sp³-hybridized carbons (Fsp3) is 0.696. The Hall–Kier alpha value is -1.89. The summed E-state index contributed by atoms with van der Waals surface area (Å²) in [5.74, 6) is 0.294. The zero-order valence-electron chi connectivity index (χ0n) is 18.2. The van der Waals surface area contributed by atoms with Crippen molar-refractivity contribution in [3.63, 3.8) is 0 Å². The first-order valence-electron chi connectivity index (χ1n) is 11.3. The average molecular weight is 433 g/mol. The van der Waals surface area contributed by atoms with Gasteiger partial charge in [0.05, 0.1) is 17.6 Å². The lowest BCUT2D eigenvalue weighted by atomic mass is 9.88. The minimum absolute atomic E-state index is 0.0893. The molecule has 2 heterocycles. The van der Waals surface area contributed by atoms with E-state index in [0.29, 0.717) is 23.0 Å². The summed E-state index contributed by atoms with van der Waals surface area (Å²) in [6.45, 7) is 7.13. The van der Waals surface area contributed by atoms with E-state index in [1.807, 2.05) is 18.7 Å². The maximum Gasteiger partial charge on any atom is 0.341 e. The molecule has 4 rings (SSSR count). The number of hydrogen-bond donors (Lipinski definition) is 1. The quantitative estimate of drug-likeness (QED) is 0.713. The maximum absolute atomic E-state index is 13.1.